The Morgan fingerprint density at radius 2 is 1.73 bits per heavy atom. The number of morpholine rings is 1. The van der Waals surface area contributed by atoms with Crippen molar-refractivity contribution < 1.29 is 4.74 Å². The van der Waals surface area contributed by atoms with Crippen LogP contribution in [0.3, 0.4) is 0 Å². The van der Waals surface area contributed by atoms with E-state index in [0.717, 1.165) is 49.1 Å². The van der Waals surface area contributed by atoms with E-state index in [1.165, 1.54) is 11.1 Å². The van der Waals surface area contributed by atoms with Gasteiger partial charge in [-0.25, -0.2) is 9.78 Å². The number of ether oxygens (including phenoxy) is 1. The molecule has 0 aromatic heterocycles. The van der Waals surface area contributed by atoms with Crippen molar-refractivity contribution in [2.75, 3.05) is 13.1 Å². The molecule has 37 heavy (non-hydrogen) atoms. The summed E-state index contributed by atoms with van der Waals surface area (Å²) < 4.78 is 7.89. The molecule has 196 valence electrons. The van der Waals surface area contributed by atoms with E-state index in [4.69, 9.17) is 4.74 Å². The van der Waals surface area contributed by atoms with Gasteiger partial charge in [-0.2, -0.15) is 4.98 Å². The van der Waals surface area contributed by atoms with Crippen LogP contribution in [0.15, 0.2) is 52.1 Å². The Balaban J connectivity index is 0.00000156. The third-order valence-corrected chi connectivity index (χ3v) is 6.65. The number of nitrogens with zero attached hydrogens (tertiary/aromatic N) is 4. The molecule has 0 radical (unpaired) electrons. The van der Waals surface area contributed by atoms with Crippen LogP contribution in [-0.4, -0.2) is 49.7 Å². The molecule has 3 aliphatic rings. The number of benzene rings is 2. The number of hydrogen-bond donors (Lipinski definition) is 1. The third-order valence-electron chi connectivity index (χ3n) is 6.65. The van der Waals surface area contributed by atoms with Gasteiger partial charge in [0.1, 0.15) is 0 Å². The van der Waals surface area contributed by atoms with Crippen LogP contribution in [0.25, 0.3) is 22.6 Å². The van der Waals surface area contributed by atoms with E-state index < -0.39 is 11.2 Å². The molecule has 1 fully saturated rings. The number of H-pyrrole nitrogens is 1. The molecular formula is C29H37N5O3. The summed E-state index contributed by atoms with van der Waals surface area (Å²) in [6.07, 6.45) is 2.11. The summed E-state index contributed by atoms with van der Waals surface area (Å²) >= 11 is 0. The molecule has 8 nitrogen and oxygen atoms in total. The Morgan fingerprint density at radius 1 is 1.03 bits per heavy atom. The first-order chi connectivity index (χ1) is 17.9. The Morgan fingerprint density at radius 3 is 2.43 bits per heavy atom. The maximum atomic E-state index is 12.6. The van der Waals surface area contributed by atoms with Gasteiger partial charge in [0.2, 0.25) is 0 Å². The highest BCUT2D eigenvalue weighted by Gasteiger charge is 2.24. The van der Waals surface area contributed by atoms with Crippen LogP contribution in [-0.2, 0) is 24.2 Å². The van der Waals surface area contributed by atoms with Gasteiger partial charge in [0.05, 0.1) is 23.2 Å². The molecule has 1 N–H and O–H groups in total. The van der Waals surface area contributed by atoms with Crippen molar-refractivity contribution in [1.82, 2.24) is 24.4 Å². The van der Waals surface area contributed by atoms with Gasteiger partial charge in [0.15, 0.2) is 11.5 Å². The van der Waals surface area contributed by atoms with Crippen LogP contribution in [0.2, 0.25) is 0 Å². The monoisotopic (exact) mass is 503 g/mol. The second-order valence-corrected chi connectivity index (χ2v) is 9.61. The van der Waals surface area contributed by atoms with Crippen LogP contribution in [0.1, 0.15) is 50.8 Å². The Kier molecular flexibility index (Phi) is 8.51. The zero-order valence-corrected chi connectivity index (χ0v) is 22.5. The molecule has 3 heterocycles. The molecule has 5 rings (SSSR count). The van der Waals surface area contributed by atoms with E-state index in [0.29, 0.717) is 12.4 Å². The first kappa shape index (κ1) is 26.7. The van der Waals surface area contributed by atoms with E-state index in [1.807, 2.05) is 42.7 Å². The van der Waals surface area contributed by atoms with Crippen molar-refractivity contribution in [1.29, 1.82) is 0 Å². The van der Waals surface area contributed by atoms with Crippen LogP contribution in [0, 0.1) is 6.92 Å². The lowest BCUT2D eigenvalue weighted by Crippen LogP contribution is -2.44. The minimum Gasteiger partial charge on any atom is -0.373 e. The molecule has 3 aliphatic heterocycles. The molecular weight excluding hydrogens is 466 g/mol. The molecule has 0 bridgehead atoms. The first-order valence-electron chi connectivity index (χ1n) is 13.2. The highest BCUT2D eigenvalue weighted by atomic mass is 16.5. The van der Waals surface area contributed by atoms with Gasteiger partial charge >= 0.3 is 5.69 Å². The summed E-state index contributed by atoms with van der Waals surface area (Å²) in [5.41, 5.74) is 4.23. The van der Waals surface area contributed by atoms with Crippen LogP contribution < -0.4 is 11.2 Å². The van der Waals surface area contributed by atoms with Crippen molar-refractivity contribution in [2.24, 2.45) is 0 Å². The van der Waals surface area contributed by atoms with Gasteiger partial charge < -0.3 is 9.30 Å². The number of aromatic amines is 1. The number of fused-ring (bicyclic) bond motifs is 2. The number of hydrogen-bond acceptors (Lipinski definition) is 6. The van der Waals surface area contributed by atoms with Crippen molar-refractivity contribution in [3.8, 4) is 11.5 Å². The molecule has 0 amide bonds. The standard InChI is InChI=1S/C27H31N5O3.C2H6/c1-17-12-22-23(13-21(17)16-31-14-18(2)35-19(3)15-31)32(11-7-10-20-8-5-4-6-9-20)25-24(28-22)26(33)30-27(34)29-25;1-2/h4-6,8-9,12-13,18-19H,7,10-11,14-16H2,1-3H3,(H,30,33,34);1-2H3. The first-order valence-corrected chi connectivity index (χ1v) is 13.2. The molecule has 0 saturated carbocycles. The number of aryl methyl sites for hydroxylation is 3. The predicted octanol–water partition coefficient (Wildman–Crippen LogP) is 4.16. The second-order valence-electron chi connectivity index (χ2n) is 9.61. The minimum absolute atomic E-state index is 0.194. The summed E-state index contributed by atoms with van der Waals surface area (Å²) in [6, 6.07) is 14.5. The minimum atomic E-state index is -0.649. The second kappa shape index (κ2) is 11.8. The van der Waals surface area contributed by atoms with Gasteiger partial charge in [0, 0.05) is 26.2 Å². The van der Waals surface area contributed by atoms with Gasteiger partial charge in [-0.3, -0.25) is 14.7 Å². The van der Waals surface area contributed by atoms with Gasteiger partial charge in [-0.1, -0.05) is 44.2 Å². The van der Waals surface area contributed by atoms with Crippen LogP contribution in [0.4, 0.5) is 0 Å². The van der Waals surface area contributed by atoms with Gasteiger partial charge in [0.25, 0.3) is 5.56 Å². The summed E-state index contributed by atoms with van der Waals surface area (Å²) in [7, 11) is 0. The smallest absolute Gasteiger partial charge is 0.349 e. The van der Waals surface area contributed by atoms with E-state index in [1.54, 1.807) is 0 Å². The lowest BCUT2D eigenvalue weighted by Gasteiger charge is -2.35. The average Bonchev–Trinajstić information content (AvgIpc) is 2.86. The fourth-order valence-electron chi connectivity index (χ4n) is 5.13. The summed E-state index contributed by atoms with van der Waals surface area (Å²) in [5, 5.41) is 0. The molecule has 0 spiro atoms. The molecule has 2 aromatic rings. The summed E-state index contributed by atoms with van der Waals surface area (Å²) in [6.45, 7) is 13.5. The SMILES string of the molecule is CC.Cc1cc2nc3c(=O)[nH]c(=O)nc-3n(CCCc3ccccc3)c2cc1CN1CC(C)OC(C)C1. The lowest BCUT2D eigenvalue weighted by atomic mass is 10.0. The lowest BCUT2D eigenvalue weighted by molar-refractivity contribution is -0.0705. The fourth-order valence-corrected chi connectivity index (χ4v) is 5.13. The molecule has 2 atom stereocenters. The zero-order chi connectivity index (χ0) is 26.5. The number of aromatic nitrogens is 4. The normalized spacial score (nSPS) is 18.1. The topological polar surface area (TPSA) is 93.1 Å². The van der Waals surface area contributed by atoms with E-state index in [9.17, 15) is 9.59 Å². The largest absolute Gasteiger partial charge is 0.373 e. The third kappa shape index (κ3) is 6.14. The van der Waals surface area contributed by atoms with Crippen molar-refractivity contribution in [2.45, 2.75) is 72.8 Å². The van der Waals surface area contributed by atoms with E-state index in [2.05, 4.69) is 58.8 Å². The number of nitrogens with one attached hydrogen (secondary N) is 1. The highest BCUT2D eigenvalue weighted by Crippen LogP contribution is 2.26. The Bertz CT molecular complexity index is 1420. The maximum Gasteiger partial charge on any atom is 0.349 e. The Hall–Kier alpha value is -3.36. The summed E-state index contributed by atoms with van der Waals surface area (Å²) in [5.74, 6) is 0.336. The quantitative estimate of drug-likeness (QED) is 0.397. The Labute approximate surface area is 217 Å². The zero-order valence-electron chi connectivity index (χ0n) is 22.5. The van der Waals surface area contributed by atoms with Crippen LogP contribution >= 0.6 is 0 Å². The van der Waals surface area contributed by atoms with E-state index >= 15 is 0 Å². The predicted molar refractivity (Wildman–Crippen MR) is 147 cm³/mol. The van der Waals surface area contributed by atoms with Crippen molar-refractivity contribution in [3.63, 3.8) is 0 Å². The molecule has 2 unspecified atom stereocenters. The van der Waals surface area contributed by atoms with Crippen molar-refractivity contribution >= 4 is 11.0 Å². The highest BCUT2D eigenvalue weighted by molar-refractivity contribution is 5.81. The fraction of sp³-hybridized carbons (Fsp3) is 0.448. The summed E-state index contributed by atoms with van der Waals surface area (Å²) in [4.78, 5) is 38.1. The molecule has 8 heteroatoms. The van der Waals surface area contributed by atoms with Gasteiger partial charge in [-0.05, 0) is 62.4 Å². The van der Waals surface area contributed by atoms with E-state index in [-0.39, 0.29) is 17.9 Å². The van der Waals surface area contributed by atoms with Crippen molar-refractivity contribution in [3.05, 3.63) is 80.0 Å². The number of rotatable bonds is 6. The maximum absolute atomic E-state index is 12.6. The molecule has 0 aliphatic carbocycles. The molecule has 2 aromatic carbocycles. The molecule has 1 saturated heterocycles. The van der Waals surface area contributed by atoms with Gasteiger partial charge in [-0.15, -0.1) is 0 Å². The average molecular weight is 504 g/mol. The van der Waals surface area contributed by atoms with Crippen LogP contribution in [0.5, 0.6) is 0 Å².